The largest absolute Gasteiger partial charge is 0.398 e. The monoisotopic (exact) mass is 351 g/mol. The van der Waals surface area contributed by atoms with Gasteiger partial charge < -0.3 is 21.1 Å². The van der Waals surface area contributed by atoms with Gasteiger partial charge in [-0.05, 0) is 30.0 Å². The van der Waals surface area contributed by atoms with Crippen LogP contribution in [0.4, 0.5) is 17.2 Å². The third kappa shape index (κ3) is 2.72. The fraction of sp³-hybridized carbons (Fsp3) is 0.333. The molecule has 0 bridgehead atoms. The van der Waals surface area contributed by atoms with Gasteiger partial charge in [0.25, 0.3) is 5.91 Å². The lowest BCUT2D eigenvalue weighted by Crippen LogP contribution is -2.29. The molecule has 2 heterocycles. The molecule has 4 rings (SSSR count). The topological polar surface area (TPSA) is 132 Å². The van der Waals surface area contributed by atoms with E-state index in [9.17, 15) is 14.7 Å². The van der Waals surface area contributed by atoms with Crippen LogP contribution in [0.3, 0.4) is 0 Å². The van der Waals surface area contributed by atoms with Gasteiger partial charge in [0.2, 0.25) is 5.91 Å². The lowest BCUT2D eigenvalue weighted by molar-refractivity contribution is -0.124. The first-order valence-electron chi connectivity index (χ1n) is 8.37. The van der Waals surface area contributed by atoms with Gasteiger partial charge in [-0.25, -0.2) is 4.98 Å². The Balaban J connectivity index is 1.63. The van der Waals surface area contributed by atoms with Gasteiger partial charge in [-0.2, -0.15) is 5.26 Å². The predicted molar refractivity (Wildman–Crippen MR) is 95.0 cm³/mol. The van der Waals surface area contributed by atoms with Crippen LogP contribution < -0.4 is 16.0 Å². The zero-order chi connectivity index (χ0) is 18.4. The van der Waals surface area contributed by atoms with Gasteiger partial charge in [0, 0.05) is 35.9 Å². The summed E-state index contributed by atoms with van der Waals surface area (Å²) in [6, 6.07) is 7.24. The molecule has 1 aliphatic carbocycles. The summed E-state index contributed by atoms with van der Waals surface area (Å²) in [5.74, 6) is -0.689. The highest BCUT2D eigenvalue weighted by molar-refractivity contribution is 6.04. The molecule has 132 valence electrons. The van der Waals surface area contributed by atoms with Gasteiger partial charge in [0.05, 0.1) is 17.9 Å². The number of nitrogens with zero attached hydrogens (tertiary/aromatic N) is 3. The Morgan fingerprint density at radius 2 is 2.23 bits per heavy atom. The molecule has 1 unspecified atom stereocenters. The summed E-state index contributed by atoms with van der Waals surface area (Å²) in [5, 5.41) is 22.6. The van der Waals surface area contributed by atoms with E-state index in [-0.39, 0.29) is 23.7 Å². The summed E-state index contributed by atoms with van der Waals surface area (Å²) < 4.78 is 0. The highest BCUT2D eigenvalue weighted by Gasteiger charge is 2.43. The van der Waals surface area contributed by atoms with E-state index >= 15 is 0 Å². The normalized spacial score (nSPS) is 24.5. The molecule has 2 aliphatic rings. The number of anilines is 3. The van der Waals surface area contributed by atoms with Gasteiger partial charge in [-0.3, -0.25) is 9.59 Å². The maximum atomic E-state index is 12.1. The van der Waals surface area contributed by atoms with Crippen LogP contribution in [-0.2, 0) is 9.59 Å². The number of rotatable bonds is 3. The van der Waals surface area contributed by atoms with Crippen LogP contribution in [0.5, 0.6) is 0 Å². The molecule has 2 amide bonds. The second-order valence-electron chi connectivity index (χ2n) is 6.69. The van der Waals surface area contributed by atoms with Crippen molar-refractivity contribution in [1.29, 1.82) is 5.26 Å². The van der Waals surface area contributed by atoms with E-state index in [4.69, 9.17) is 11.0 Å². The van der Waals surface area contributed by atoms with Gasteiger partial charge >= 0.3 is 0 Å². The molecule has 0 spiro atoms. The summed E-state index contributed by atoms with van der Waals surface area (Å²) in [5.41, 5.74) is 7.15. The van der Waals surface area contributed by atoms with Crippen LogP contribution in [0.25, 0.3) is 10.8 Å². The average Bonchev–Trinajstić information content (AvgIpc) is 3.34. The van der Waals surface area contributed by atoms with Crippen LogP contribution in [0.1, 0.15) is 12.8 Å². The molecule has 8 heteroatoms. The second-order valence-corrected chi connectivity index (χ2v) is 6.69. The van der Waals surface area contributed by atoms with Crippen LogP contribution in [-0.4, -0.2) is 34.6 Å². The SMILES string of the molecule is N#CC1C[C@H]1C(=O)Nc1cc2cc(N3CC[C@H](O)C3=O)cc(N)c2cn1. The molecule has 4 N–H and O–H groups in total. The van der Waals surface area contributed by atoms with Gasteiger partial charge in [0.1, 0.15) is 11.9 Å². The number of aromatic nitrogens is 1. The average molecular weight is 351 g/mol. The maximum absolute atomic E-state index is 12.1. The number of benzene rings is 1. The van der Waals surface area contributed by atoms with E-state index in [1.165, 1.54) is 4.90 Å². The Morgan fingerprint density at radius 1 is 1.42 bits per heavy atom. The Kier molecular flexibility index (Phi) is 3.74. The zero-order valence-electron chi connectivity index (χ0n) is 13.8. The van der Waals surface area contributed by atoms with Crippen LogP contribution in [0.2, 0.25) is 0 Å². The molecule has 26 heavy (non-hydrogen) atoms. The molecule has 1 aromatic carbocycles. The number of amides is 2. The van der Waals surface area contributed by atoms with E-state index in [0.29, 0.717) is 42.0 Å². The lowest BCUT2D eigenvalue weighted by Gasteiger charge is -2.18. The Hall–Kier alpha value is -3.18. The van der Waals surface area contributed by atoms with Crippen molar-refractivity contribution in [3.63, 3.8) is 0 Å². The van der Waals surface area contributed by atoms with Crippen LogP contribution in [0.15, 0.2) is 24.4 Å². The summed E-state index contributed by atoms with van der Waals surface area (Å²) in [6.07, 6.45) is 1.55. The van der Waals surface area contributed by atoms with Crippen molar-refractivity contribution in [3.05, 3.63) is 24.4 Å². The minimum Gasteiger partial charge on any atom is -0.398 e. The Labute approximate surface area is 149 Å². The number of hydrogen-bond acceptors (Lipinski definition) is 6. The van der Waals surface area contributed by atoms with Gasteiger partial charge in [-0.1, -0.05) is 0 Å². The molecule has 1 saturated carbocycles. The first kappa shape index (κ1) is 16.3. The third-order valence-corrected chi connectivity index (χ3v) is 4.89. The van der Waals surface area contributed by atoms with Gasteiger partial charge in [0.15, 0.2) is 0 Å². The number of nitriles is 1. The van der Waals surface area contributed by atoms with Crippen molar-refractivity contribution in [3.8, 4) is 6.07 Å². The zero-order valence-corrected chi connectivity index (χ0v) is 13.8. The molecule has 0 radical (unpaired) electrons. The predicted octanol–water partition coefficient (Wildman–Crippen LogP) is 1.01. The number of nitrogens with two attached hydrogens (primary N) is 1. The van der Waals surface area contributed by atoms with Crippen molar-refractivity contribution >= 4 is 39.8 Å². The fourth-order valence-corrected chi connectivity index (χ4v) is 3.26. The van der Waals surface area contributed by atoms with E-state index in [1.54, 1.807) is 24.4 Å². The molecule has 1 saturated heterocycles. The number of nitrogens with one attached hydrogen (secondary N) is 1. The molecule has 8 nitrogen and oxygen atoms in total. The first-order chi connectivity index (χ1) is 12.5. The number of aliphatic hydroxyl groups is 1. The fourth-order valence-electron chi connectivity index (χ4n) is 3.26. The van der Waals surface area contributed by atoms with Crippen LogP contribution in [0, 0.1) is 23.2 Å². The summed E-state index contributed by atoms with van der Waals surface area (Å²) in [6.45, 7) is 0.427. The van der Waals surface area contributed by atoms with E-state index < -0.39 is 6.10 Å². The number of pyridine rings is 1. The molecule has 3 atom stereocenters. The minimum absolute atomic E-state index is 0.217. The molecular weight excluding hydrogens is 334 g/mol. The quantitative estimate of drug-likeness (QED) is 0.707. The summed E-state index contributed by atoms with van der Waals surface area (Å²) >= 11 is 0. The van der Waals surface area contributed by atoms with Crippen molar-refractivity contribution < 1.29 is 14.7 Å². The number of aliphatic hydroxyl groups excluding tert-OH is 1. The first-order valence-corrected chi connectivity index (χ1v) is 8.37. The Bertz CT molecular complexity index is 967. The smallest absolute Gasteiger partial charge is 0.255 e. The second kappa shape index (κ2) is 5.97. The number of carbonyl (C=O) groups excluding carboxylic acids is 2. The summed E-state index contributed by atoms with van der Waals surface area (Å²) in [4.78, 5) is 29.8. The maximum Gasteiger partial charge on any atom is 0.255 e. The van der Waals surface area contributed by atoms with E-state index in [0.717, 1.165) is 5.39 Å². The van der Waals surface area contributed by atoms with Crippen molar-refractivity contribution in [2.45, 2.75) is 18.9 Å². The van der Waals surface area contributed by atoms with Crippen molar-refractivity contribution in [2.75, 3.05) is 22.5 Å². The summed E-state index contributed by atoms with van der Waals surface area (Å²) in [7, 11) is 0. The molecule has 1 aromatic heterocycles. The molecule has 1 aliphatic heterocycles. The molecule has 2 aromatic rings. The number of hydrogen-bond donors (Lipinski definition) is 3. The molecule has 2 fully saturated rings. The van der Waals surface area contributed by atoms with E-state index in [1.807, 2.05) is 0 Å². The number of nitrogen functional groups attached to an aromatic ring is 1. The number of fused-ring (bicyclic) bond motifs is 1. The Morgan fingerprint density at radius 3 is 2.88 bits per heavy atom. The highest BCUT2D eigenvalue weighted by Crippen LogP contribution is 2.38. The van der Waals surface area contributed by atoms with E-state index in [2.05, 4.69) is 16.4 Å². The lowest BCUT2D eigenvalue weighted by atomic mass is 10.1. The molecular formula is C18H17N5O3. The van der Waals surface area contributed by atoms with Crippen molar-refractivity contribution in [2.24, 2.45) is 11.8 Å². The number of carbonyl (C=O) groups is 2. The standard InChI is InChI=1S/C18H17N5O3/c19-7-10-4-12(10)17(25)22-16-5-9-3-11(6-14(20)13(9)8-21-16)23-2-1-15(24)18(23)26/h3,5-6,8,10,12,15,24H,1-2,4,20H2,(H,21,22,25)/t10?,12-,15+/m1/s1. The van der Waals surface area contributed by atoms with Crippen LogP contribution >= 0.6 is 0 Å². The van der Waals surface area contributed by atoms with Crippen molar-refractivity contribution in [1.82, 2.24) is 4.98 Å². The third-order valence-electron chi connectivity index (χ3n) is 4.89. The highest BCUT2D eigenvalue weighted by atomic mass is 16.3. The minimum atomic E-state index is -0.981. The van der Waals surface area contributed by atoms with Gasteiger partial charge in [-0.15, -0.1) is 0 Å².